The first-order chi connectivity index (χ1) is 9.22. The molecule has 112 valence electrons. The van der Waals surface area contributed by atoms with Gasteiger partial charge in [-0.3, -0.25) is 4.99 Å². The fraction of sp³-hybridized carbons (Fsp3) is 0.333. The molecular weight excluding hydrogens is 302 g/mol. The number of aliphatic imine (C=N–C) groups is 1. The summed E-state index contributed by atoms with van der Waals surface area (Å²) in [4.78, 5) is 9.10. The molecule has 2 aliphatic rings. The van der Waals surface area contributed by atoms with Crippen LogP contribution in [0.5, 0.6) is 0 Å². The molecule has 0 radical (unpaired) electrons. The van der Waals surface area contributed by atoms with Crippen LogP contribution in [0.15, 0.2) is 29.3 Å². The first kappa shape index (κ1) is 16.1. The van der Waals surface area contributed by atoms with Crippen molar-refractivity contribution in [3.05, 3.63) is 29.8 Å². The van der Waals surface area contributed by atoms with Crippen LogP contribution >= 0.6 is 27.0 Å². The fourth-order valence-electron chi connectivity index (χ4n) is 3.05. The third-order valence-electron chi connectivity index (χ3n) is 4.20. The van der Waals surface area contributed by atoms with Gasteiger partial charge in [-0.25, -0.2) is 4.98 Å². The Morgan fingerprint density at radius 1 is 1.14 bits per heavy atom. The summed E-state index contributed by atoms with van der Waals surface area (Å²) >= 11 is 0. The number of benzene rings is 1. The number of hydrogen-bond donors (Lipinski definition) is 2. The first-order valence-electron chi connectivity index (χ1n) is 6.65. The molecule has 2 heterocycles. The van der Waals surface area contributed by atoms with Crippen LogP contribution in [0.1, 0.15) is 18.4 Å². The molecule has 4 rings (SSSR count). The van der Waals surface area contributed by atoms with Crippen molar-refractivity contribution in [2.45, 2.75) is 25.4 Å². The number of rotatable bonds is 1. The molecule has 1 aliphatic carbocycles. The molecule has 1 saturated carbocycles. The maximum Gasteiger partial charge on any atom is 0.150 e. The van der Waals surface area contributed by atoms with E-state index in [1.807, 2.05) is 18.2 Å². The van der Waals surface area contributed by atoms with E-state index in [9.17, 15) is 5.11 Å². The van der Waals surface area contributed by atoms with Gasteiger partial charge < -0.3 is 10.8 Å². The lowest BCUT2D eigenvalue weighted by Gasteiger charge is -2.31. The zero-order chi connectivity index (χ0) is 13.0. The van der Waals surface area contributed by atoms with Crippen LogP contribution < -0.4 is 5.73 Å². The van der Waals surface area contributed by atoms with Crippen LogP contribution in [0.25, 0.3) is 10.9 Å². The van der Waals surface area contributed by atoms with Gasteiger partial charge in [-0.05, 0) is 24.5 Å². The monoisotopic (exact) mass is 321 g/mol. The lowest BCUT2D eigenvalue weighted by atomic mass is 9.78. The number of aromatic nitrogens is 1. The van der Waals surface area contributed by atoms with Crippen molar-refractivity contribution in [1.29, 1.82) is 0 Å². The molecule has 1 aliphatic heterocycles. The molecule has 2 aromatic rings. The maximum atomic E-state index is 9.43. The largest absolute Gasteiger partial charge is 0.393 e. The highest BCUT2D eigenvalue weighted by Gasteiger charge is 2.34. The van der Waals surface area contributed by atoms with Crippen LogP contribution in [0.4, 0.5) is 11.5 Å². The van der Waals surface area contributed by atoms with Gasteiger partial charge >= 0.3 is 0 Å². The van der Waals surface area contributed by atoms with Gasteiger partial charge in [-0.15, -0.1) is 0 Å². The highest BCUT2D eigenvalue weighted by Crippen LogP contribution is 2.41. The molecule has 0 atom stereocenters. The topological polar surface area (TPSA) is 71.5 Å². The Morgan fingerprint density at radius 2 is 1.86 bits per heavy atom. The number of aliphatic hydroxyl groups is 1. The van der Waals surface area contributed by atoms with Crippen LogP contribution in [0, 0.1) is 5.92 Å². The van der Waals surface area contributed by atoms with Crippen molar-refractivity contribution in [2.24, 2.45) is 10.9 Å². The van der Waals surface area contributed by atoms with Crippen molar-refractivity contribution >= 4 is 55.1 Å². The highest BCUT2D eigenvalue weighted by atomic mass is 32.1. The molecule has 0 bridgehead atoms. The van der Waals surface area contributed by atoms with Gasteiger partial charge in [-0.2, -0.15) is 27.0 Å². The summed E-state index contributed by atoms with van der Waals surface area (Å²) in [5.41, 5.74) is 10.1. The van der Waals surface area contributed by atoms with E-state index in [4.69, 9.17) is 5.73 Å². The summed E-state index contributed by atoms with van der Waals surface area (Å²) in [5.74, 6) is 0.934. The number of pyridine rings is 1. The summed E-state index contributed by atoms with van der Waals surface area (Å²) in [6.45, 7) is 0. The second-order valence-corrected chi connectivity index (χ2v) is 5.44. The fourth-order valence-corrected chi connectivity index (χ4v) is 3.05. The number of aliphatic hydroxyl groups excluding tert-OH is 1. The minimum absolute atomic E-state index is 0. The quantitative estimate of drug-likeness (QED) is 0.847. The van der Waals surface area contributed by atoms with E-state index in [1.54, 1.807) is 0 Å². The van der Waals surface area contributed by atoms with E-state index in [-0.39, 0.29) is 33.1 Å². The zero-order valence-electron chi connectivity index (χ0n) is 11.5. The maximum absolute atomic E-state index is 9.43. The molecule has 0 saturated heterocycles. The summed E-state index contributed by atoms with van der Waals surface area (Å²) in [6.07, 6.45) is 2.36. The molecule has 4 nitrogen and oxygen atoms in total. The first-order valence-corrected chi connectivity index (χ1v) is 6.65. The van der Waals surface area contributed by atoms with Crippen molar-refractivity contribution < 1.29 is 5.11 Å². The molecule has 1 aromatic carbocycles. The normalized spacial score (nSPS) is 22.6. The van der Waals surface area contributed by atoms with E-state index in [1.165, 1.54) is 5.56 Å². The van der Waals surface area contributed by atoms with E-state index in [2.05, 4.69) is 16.0 Å². The van der Waals surface area contributed by atoms with Gasteiger partial charge in [0.15, 0.2) is 0 Å². The summed E-state index contributed by atoms with van der Waals surface area (Å²) in [7, 11) is 0. The molecule has 1 aromatic heterocycles. The Hall–Kier alpha value is -1.24. The second kappa shape index (κ2) is 5.87. The summed E-state index contributed by atoms with van der Waals surface area (Å²) in [6, 6.07) is 8.05. The van der Waals surface area contributed by atoms with Gasteiger partial charge in [0.2, 0.25) is 0 Å². The number of nitrogens with zero attached hydrogens (tertiary/aromatic N) is 2. The molecule has 0 spiro atoms. The Bertz CT molecular complexity index is 711. The van der Waals surface area contributed by atoms with Crippen LogP contribution in [-0.2, 0) is 6.42 Å². The molecule has 3 N–H and O–H groups in total. The number of para-hydroxylation sites is 1. The SMILES string of the molecule is Nc1nc2ccccc2c2c1N=C(C1CC(O)C1)C2.S.S. The third-order valence-corrected chi connectivity index (χ3v) is 4.20. The average molecular weight is 321 g/mol. The van der Waals surface area contributed by atoms with Crippen LogP contribution in [0.3, 0.4) is 0 Å². The van der Waals surface area contributed by atoms with Gasteiger partial charge in [0.05, 0.1) is 11.6 Å². The predicted molar refractivity (Wildman–Crippen MR) is 96.4 cm³/mol. The summed E-state index contributed by atoms with van der Waals surface area (Å²) < 4.78 is 0. The van der Waals surface area contributed by atoms with Gasteiger partial charge in [0.1, 0.15) is 11.5 Å². The molecule has 1 fully saturated rings. The number of nitrogen functional groups attached to an aromatic ring is 1. The van der Waals surface area contributed by atoms with Crippen molar-refractivity contribution in [3.8, 4) is 0 Å². The third kappa shape index (κ3) is 2.52. The van der Waals surface area contributed by atoms with Gasteiger partial charge in [-0.1, -0.05) is 18.2 Å². The Labute approximate surface area is 137 Å². The van der Waals surface area contributed by atoms with Gasteiger partial charge in [0.25, 0.3) is 0 Å². The number of nitrogens with two attached hydrogens (primary N) is 1. The van der Waals surface area contributed by atoms with Crippen molar-refractivity contribution in [2.75, 3.05) is 5.73 Å². The van der Waals surface area contributed by atoms with E-state index in [0.29, 0.717) is 11.7 Å². The molecule has 0 amide bonds. The van der Waals surface area contributed by atoms with Crippen LogP contribution in [0.2, 0.25) is 0 Å². The lowest BCUT2D eigenvalue weighted by molar-refractivity contribution is 0.0697. The van der Waals surface area contributed by atoms with E-state index >= 15 is 0 Å². The average Bonchev–Trinajstić information content (AvgIpc) is 2.80. The standard InChI is InChI=1S/C15H15N3O.2H2S/c16-15-14-11(10-3-1-2-4-12(10)18-15)7-13(17-14)8-5-9(19)6-8;;/h1-4,8-9,19H,5-7H2,(H2,16,18);2*1H2. The van der Waals surface area contributed by atoms with Crippen molar-refractivity contribution in [1.82, 2.24) is 4.98 Å². The predicted octanol–water partition coefficient (Wildman–Crippen LogP) is 2.44. The second-order valence-electron chi connectivity index (χ2n) is 5.44. The zero-order valence-corrected chi connectivity index (χ0v) is 13.5. The minimum atomic E-state index is -0.149. The Kier molecular flexibility index (Phi) is 4.51. The smallest absolute Gasteiger partial charge is 0.150 e. The van der Waals surface area contributed by atoms with E-state index in [0.717, 1.165) is 41.6 Å². The number of anilines is 1. The highest BCUT2D eigenvalue weighted by molar-refractivity contribution is 7.59. The summed E-state index contributed by atoms with van der Waals surface area (Å²) in [5, 5.41) is 10.6. The van der Waals surface area contributed by atoms with Crippen molar-refractivity contribution in [3.63, 3.8) is 0 Å². The van der Waals surface area contributed by atoms with Gasteiger partial charge in [0, 0.05) is 23.4 Å². The number of fused-ring (bicyclic) bond motifs is 3. The lowest BCUT2D eigenvalue weighted by Crippen LogP contribution is -2.34. The number of hydrogen-bond acceptors (Lipinski definition) is 4. The van der Waals surface area contributed by atoms with Crippen LogP contribution in [-0.4, -0.2) is 21.9 Å². The van der Waals surface area contributed by atoms with E-state index < -0.39 is 0 Å². The Morgan fingerprint density at radius 3 is 2.57 bits per heavy atom. The molecule has 6 heteroatoms. The molecule has 21 heavy (non-hydrogen) atoms. The minimum Gasteiger partial charge on any atom is -0.393 e. The molecular formula is C15H19N3OS2. The Balaban J connectivity index is 0.000000807. The molecule has 0 unspecified atom stereocenters.